The van der Waals surface area contributed by atoms with Crippen LogP contribution in [0.25, 0.3) is 11.4 Å². The number of halogens is 1. The molecule has 1 heterocycles. The van der Waals surface area contributed by atoms with Crippen molar-refractivity contribution >= 4 is 17.5 Å². The van der Waals surface area contributed by atoms with Gasteiger partial charge in [0.25, 0.3) is 5.91 Å². The Balaban J connectivity index is 1.39. The fraction of sp³-hybridized carbons (Fsp3) is 0.0435. The lowest BCUT2D eigenvalue weighted by Crippen LogP contribution is -2.22. The zero-order valence-electron chi connectivity index (χ0n) is 16.1. The van der Waals surface area contributed by atoms with E-state index in [1.165, 1.54) is 0 Å². The van der Waals surface area contributed by atoms with E-state index in [1.807, 2.05) is 6.07 Å². The van der Waals surface area contributed by atoms with Crippen LogP contribution in [0.2, 0.25) is 5.02 Å². The number of nitriles is 1. The molecule has 1 amide bonds. The fourth-order valence-corrected chi connectivity index (χ4v) is 2.95. The van der Waals surface area contributed by atoms with Crippen molar-refractivity contribution in [3.63, 3.8) is 0 Å². The van der Waals surface area contributed by atoms with E-state index in [-0.39, 0.29) is 18.3 Å². The predicted octanol–water partition coefficient (Wildman–Crippen LogP) is 4.98. The van der Waals surface area contributed by atoms with Crippen LogP contribution >= 0.6 is 11.6 Å². The van der Waals surface area contributed by atoms with Crippen LogP contribution in [0.5, 0.6) is 11.5 Å². The molecule has 0 aliphatic rings. The summed E-state index contributed by atoms with van der Waals surface area (Å²) in [5.74, 6) is 1.42. The number of ether oxygens (including phenoxy) is 1. The molecule has 8 heteroatoms. The first-order valence-corrected chi connectivity index (χ1v) is 9.63. The van der Waals surface area contributed by atoms with Gasteiger partial charge in [-0.3, -0.25) is 4.79 Å². The van der Waals surface area contributed by atoms with Gasteiger partial charge in [-0.05, 0) is 54.6 Å². The minimum Gasteiger partial charge on any atom is -0.457 e. The van der Waals surface area contributed by atoms with E-state index in [2.05, 4.69) is 21.5 Å². The van der Waals surface area contributed by atoms with E-state index in [1.54, 1.807) is 66.7 Å². The number of amides is 1. The molecule has 31 heavy (non-hydrogen) atoms. The SMILES string of the molecule is N#Cc1ccc(Oc2cccc(C(=O)NCc3nc(-c4cccc(Cl)c4)no3)c2)cc1. The van der Waals surface area contributed by atoms with Crippen LogP contribution in [0, 0.1) is 11.3 Å². The topological polar surface area (TPSA) is 101 Å². The molecule has 0 radical (unpaired) electrons. The molecule has 1 aromatic heterocycles. The normalized spacial score (nSPS) is 10.3. The Labute approximate surface area is 182 Å². The molecule has 152 valence electrons. The van der Waals surface area contributed by atoms with Crippen molar-refractivity contribution in [3.05, 3.63) is 94.8 Å². The number of nitrogens with one attached hydrogen (secondary N) is 1. The molecule has 4 rings (SSSR count). The highest BCUT2D eigenvalue weighted by Crippen LogP contribution is 2.23. The summed E-state index contributed by atoms with van der Waals surface area (Å²) in [5.41, 5.74) is 1.68. The largest absolute Gasteiger partial charge is 0.457 e. The van der Waals surface area contributed by atoms with Gasteiger partial charge >= 0.3 is 0 Å². The Morgan fingerprint density at radius 2 is 1.87 bits per heavy atom. The van der Waals surface area contributed by atoms with E-state index in [4.69, 9.17) is 26.1 Å². The number of aromatic nitrogens is 2. The number of carbonyl (C=O) groups excluding carboxylic acids is 1. The smallest absolute Gasteiger partial charge is 0.251 e. The molecular formula is C23H15ClN4O3. The second-order valence-corrected chi connectivity index (χ2v) is 6.91. The average Bonchev–Trinajstić information content (AvgIpc) is 3.27. The van der Waals surface area contributed by atoms with Gasteiger partial charge in [0, 0.05) is 16.1 Å². The number of rotatable bonds is 6. The highest BCUT2D eigenvalue weighted by atomic mass is 35.5. The zero-order valence-corrected chi connectivity index (χ0v) is 16.8. The lowest BCUT2D eigenvalue weighted by Gasteiger charge is -2.08. The Hall–Kier alpha value is -4.15. The molecule has 7 nitrogen and oxygen atoms in total. The maximum absolute atomic E-state index is 12.5. The monoisotopic (exact) mass is 430 g/mol. The molecule has 0 spiro atoms. The van der Waals surface area contributed by atoms with E-state index in [0.717, 1.165) is 5.56 Å². The molecule has 0 fully saturated rings. The Morgan fingerprint density at radius 3 is 2.65 bits per heavy atom. The van der Waals surface area contributed by atoms with Crippen LogP contribution in [0.4, 0.5) is 0 Å². The molecule has 4 aromatic rings. The Kier molecular flexibility index (Phi) is 5.92. The molecule has 0 unspecified atom stereocenters. The maximum Gasteiger partial charge on any atom is 0.251 e. The first-order chi connectivity index (χ1) is 15.1. The summed E-state index contributed by atoms with van der Waals surface area (Å²) in [6, 6.07) is 22.6. The lowest BCUT2D eigenvalue weighted by molar-refractivity contribution is 0.0946. The maximum atomic E-state index is 12.5. The average molecular weight is 431 g/mol. The first kappa shape index (κ1) is 20.1. The van der Waals surface area contributed by atoms with Crippen molar-refractivity contribution < 1.29 is 14.1 Å². The van der Waals surface area contributed by atoms with E-state index >= 15 is 0 Å². The van der Waals surface area contributed by atoms with Gasteiger partial charge < -0.3 is 14.6 Å². The van der Waals surface area contributed by atoms with Crippen LogP contribution in [0.3, 0.4) is 0 Å². The van der Waals surface area contributed by atoms with Crippen molar-refractivity contribution in [1.29, 1.82) is 5.26 Å². The third-order valence-electron chi connectivity index (χ3n) is 4.27. The molecule has 3 aromatic carbocycles. The quantitative estimate of drug-likeness (QED) is 0.462. The number of benzene rings is 3. The second-order valence-electron chi connectivity index (χ2n) is 6.47. The minimum atomic E-state index is -0.312. The summed E-state index contributed by atoms with van der Waals surface area (Å²) in [5, 5.41) is 16.1. The van der Waals surface area contributed by atoms with Gasteiger partial charge in [0.2, 0.25) is 11.7 Å². The molecular weight excluding hydrogens is 416 g/mol. The lowest BCUT2D eigenvalue weighted by atomic mass is 10.2. The summed E-state index contributed by atoms with van der Waals surface area (Å²) in [7, 11) is 0. The van der Waals surface area contributed by atoms with Crippen molar-refractivity contribution in [1.82, 2.24) is 15.5 Å². The van der Waals surface area contributed by atoms with Crippen molar-refractivity contribution in [2.24, 2.45) is 0 Å². The molecule has 1 N–H and O–H groups in total. The van der Waals surface area contributed by atoms with Crippen molar-refractivity contribution in [2.75, 3.05) is 0 Å². The van der Waals surface area contributed by atoms with Gasteiger partial charge in [-0.2, -0.15) is 10.2 Å². The summed E-state index contributed by atoms with van der Waals surface area (Å²) in [4.78, 5) is 16.8. The summed E-state index contributed by atoms with van der Waals surface area (Å²) < 4.78 is 11.0. The van der Waals surface area contributed by atoms with Gasteiger partial charge in [0.1, 0.15) is 11.5 Å². The van der Waals surface area contributed by atoms with Crippen LogP contribution < -0.4 is 10.1 Å². The third kappa shape index (κ3) is 5.07. The third-order valence-corrected chi connectivity index (χ3v) is 4.50. The van der Waals surface area contributed by atoms with Crippen molar-refractivity contribution in [2.45, 2.75) is 6.54 Å². The number of carbonyl (C=O) groups is 1. The van der Waals surface area contributed by atoms with Crippen molar-refractivity contribution in [3.8, 4) is 29.0 Å². The number of nitrogens with zero attached hydrogens (tertiary/aromatic N) is 3. The molecule has 0 aliphatic heterocycles. The van der Waals surface area contributed by atoms with E-state index in [0.29, 0.717) is 33.5 Å². The number of hydrogen-bond acceptors (Lipinski definition) is 6. The second kappa shape index (κ2) is 9.11. The highest BCUT2D eigenvalue weighted by Gasteiger charge is 2.12. The summed E-state index contributed by atoms with van der Waals surface area (Å²) in [6.45, 7) is 0.0765. The molecule has 0 bridgehead atoms. The van der Waals surface area contributed by atoms with Gasteiger partial charge in [0.15, 0.2) is 0 Å². The standard InChI is InChI=1S/C23H15ClN4O3/c24-18-5-1-3-16(11-18)22-27-21(31-28-22)14-26-23(29)17-4-2-6-20(12-17)30-19-9-7-15(13-25)8-10-19/h1-12H,14H2,(H,26,29). The van der Waals surface area contributed by atoms with Gasteiger partial charge in [-0.25, -0.2) is 0 Å². The summed E-state index contributed by atoms with van der Waals surface area (Å²) in [6.07, 6.45) is 0. The van der Waals surface area contributed by atoms with Crippen LogP contribution in [-0.2, 0) is 6.54 Å². The fourth-order valence-electron chi connectivity index (χ4n) is 2.76. The van der Waals surface area contributed by atoms with Crippen LogP contribution in [-0.4, -0.2) is 16.0 Å². The first-order valence-electron chi connectivity index (χ1n) is 9.25. The van der Waals surface area contributed by atoms with E-state index in [9.17, 15) is 4.79 Å². The van der Waals surface area contributed by atoms with Crippen LogP contribution in [0.15, 0.2) is 77.3 Å². The van der Waals surface area contributed by atoms with Gasteiger partial charge in [-0.15, -0.1) is 0 Å². The van der Waals surface area contributed by atoms with Gasteiger partial charge in [0.05, 0.1) is 18.2 Å². The Morgan fingerprint density at radius 1 is 1.06 bits per heavy atom. The zero-order chi connectivity index (χ0) is 21.6. The van der Waals surface area contributed by atoms with Crippen LogP contribution in [0.1, 0.15) is 21.8 Å². The molecule has 0 saturated heterocycles. The molecule has 0 aliphatic carbocycles. The molecule has 0 atom stereocenters. The highest BCUT2D eigenvalue weighted by molar-refractivity contribution is 6.30. The number of hydrogen-bond donors (Lipinski definition) is 1. The Bertz CT molecular complexity index is 1260. The predicted molar refractivity (Wildman–Crippen MR) is 114 cm³/mol. The minimum absolute atomic E-state index is 0.0765. The van der Waals surface area contributed by atoms with Gasteiger partial charge in [-0.1, -0.05) is 35.0 Å². The van der Waals surface area contributed by atoms with E-state index < -0.39 is 0 Å². The summed E-state index contributed by atoms with van der Waals surface area (Å²) >= 11 is 5.98. The molecule has 0 saturated carbocycles.